The van der Waals surface area contributed by atoms with Gasteiger partial charge in [-0.2, -0.15) is 0 Å². The Morgan fingerprint density at radius 3 is 2.38 bits per heavy atom. The third-order valence-corrected chi connectivity index (χ3v) is 12.4. The number of carbonyl (C=O) groups excluding carboxylic acids is 2. The van der Waals surface area contributed by atoms with Gasteiger partial charge in [0.2, 0.25) is 0 Å². The first-order valence-corrected chi connectivity index (χ1v) is 13.6. The van der Waals surface area contributed by atoms with Crippen molar-refractivity contribution in [1.82, 2.24) is 0 Å². The van der Waals surface area contributed by atoms with Crippen LogP contribution in [0.4, 0.5) is 0 Å². The van der Waals surface area contributed by atoms with Crippen molar-refractivity contribution in [3.8, 4) is 0 Å². The SMILES string of the molecule is CCC(=O)[C@H]1O[C@@]2(CC[C@@]3(C)C4=C(CC[C@@]32C)[C@@]2(C)CCC(=O)[C@](C)(CO)[C@@H]2CC4)[C@H](C)[C@H]1O. The first-order chi connectivity index (χ1) is 15.9. The molecular formula is C29H44O5. The van der Waals surface area contributed by atoms with Crippen LogP contribution in [-0.2, 0) is 14.3 Å². The molecule has 190 valence electrons. The largest absolute Gasteiger partial charge is 0.395 e. The molecule has 2 saturated carbocycles. The molecule has 2 N–H and O–H groups in total. The highest BCUT2D eigenvalue weighted by Gasteiger charge is 2.73. The molecule has 0 unspecified atom stereocenters. The third kappa shape index (κ3) is 2.62. The minimum absolute atomic E-state index is 0.00678. The van der Waals surface area contributed by atoms with E-state index in [1.807, 2.05) is 13.8 Å². The second-order valence-corrected chi connectivity index (χ2v) is 13.2. The zero-order chi connectivity index (χ0) is 24.9. The fourth-order valence-corrected chi connectivity index (χ4v) is 9.88. The number of aliphatic hydroxyl groups excluding tert-OH is 2. The number of hydrogen-bond acceptors (Lipinski definition) is 5. The molecule has 5 rings (SSSR count). The smallest absolute Gasteiger partial charge is 0.163 e. The van der Waals surface area contributed by atoms with Gasteiger partial charge in [-0.15, -0.1) is 0 Å². The summed E-state index contributed by atoms with van der Waals surface area (Å²) < 4.78 is 6.70. The van der Waals surface area contributed by atoms with Gasteiger partial charge in [0.15, 0.2) is 5.78 Å². The van der Waals surface area contributed by atoms with Gasteiger partial charge in [-0.05, 0) is 61.7 Å². The van der Waals surface area contributed by atoms with Crippen LogP contribution in [0.2, 0.25) is 0 Å². The molecule has 5 heteroatoms. The molecule has 0 radical (unpaired) electrons. The number of rotatable bonds is 3. The average Bonchev–Trinajstić information content (AvgIpc) is 3.22. The lowest BCUT2D eigenvalue weighted by atomic mass is 9.43. The Hall–Kier alpha value is -1.04. The van der Waals surface area contributed by atoms with Gasteiger partial charge in [0.1, 0.15) is 11.9 Å². The number of ketones is 2. The van der Waals surface area contributed by atoms with Gasteiger partial charge in [0, 0.05) is 24.2 Å². The maximum absolute atomic E-state index is 12.9. The van der Waals surface area contributed by atoms with Crippen LogP contribution < -0.4 is 0 Å². The van der Waals surface area contributed by atoms with Crippen LogP contribution in [0.15, 0.2) is 11.1 Å². The van der Waals surface area contributed by atoms with E-state index < -0.39 is 23.2 Å². The minimum Gasteiger partial charge on any atom is -0.395 e. The summed E-state index contributed by atoms with van der Waals surface area (Å²) in [5.74, 6) is 0.330. The van der Waals surface area contributed by atoms with Gasteiger partial charge < -0.3 is 14.9 Å². The van der Waals surface area contributed by atoms with Gasteiger partial charge in [-0.3, -0.25) is 9.59 Å². The van der Waals surface area contributed by atoms with Crippen LogP contribution >= 0.6 is 0 Å². The summed E-state index contributed by atoms with van der Waals surface area (Å²) in [5, 5.41) is 21.4. The molecule has 5 nitrogen and oxygen atoms in total. The summed E-state index contributed by atoms with van der Waals surface area (Å²) in [4.78, 5) is 25.6. The van der Waals surface area contributed by atoms with Gasteiger partial charge in [-0.1, -0.05) is 52.7 Å². The molecule has 0 bridgehead atoms. The van der Waals surface area contributed by atoms with Crippen molar-refractivity contribution in [2.75, 3.05) is 6.61 Å². The molecule has 5 aliphatic rings. The van der Waals surface area contributed by atoms with E-state index >= 15 is 0 Å². The Balaban J connectivity index is 1.58. The Labute approximate surface area is 204 Å². The fourth-order valence-electron chi connectivity index (χ4n) is 9.88. The lowest BCUT2D eigenvalue weighted by Crippen LogP contribution is -2.58. The molecule has 1 spiro atoms. The Kier molecular flexibility index (Phi) is 5.43. The summed E-state index contributed by atoms with van der Waals surface area (Å²) in [6, 6.07) is 0. The van der Waals surface area contributed by atoms with Gasteiger partial charge >= 0.3 is 0 Å². The molecule has 0 aromatic heterocycles. The number of ether oxygens (including phenoxy) is 1. The van der Waals surface area contributed by atoms with E-state index in [1.54, 1.807) is 11.1 Å². The molecule has 9 atom stereocenters. The van der Waals surface area contributed by atoms with Crippen LogP contribution in [0.1, 0.15) is 99.3 Å². The number of fused-ring (bicyclic) bond motifs is 5. The van der Waals surface area contributed by atoms with Crippen LogP contribution in [-0.4, -0.2) is 46.2 Å². The van der Waals surface area contributed by atoms with Crippen molar-refractivity contribution in [3.63, 3.8) is 0 Å². The fraction of sp³-hybridized carbons (Fsp3) is 0.862. The van der Waals surface area contributed by atoms with Crippen LogP contribution in [0.25, 0.3) is 0 Å². The highest BCUT2D eigenvalue weighted by atomic mass is 16.5. The second-order valence-electron chi connectivity index (χ2n) is 13.2. The van der Waals surface area contributed by atoms with Crippen molar-refractivity contribution in [1.29, 1.82) is 0 Å². The standard InChI is InChI=1S/C29H44O5/c1-7-20(31)24-23(33)17(2)29(34-24)15-14-27(5)19-8-9-21-25(3,18(19)10-13-28(27,29)6)12-11-22(32)26(21,4)16-30/h17,21,23-24,30,33H,7-16H2,1-6H3/t17-,21-,23-,24-,25-,26-,27+,28+,29+/m1/s1. The van der Waals surface area contributed by atoms with E-state index in [9.17, 15) is 19.8 Å². The summed E-state index contributed by atoms with van der Waals surface area (Å²) in [5.41, 5.74) is 1.70. The Morgan fingerprint density at radius 1 is 1.03 bits per heavy atom. The van der Waals surface area contributed by atoms with Crippen molar-refractivity contribution in [3.05, 3.63) is 11.1 Å². The first-order valence-electron chi connectivity index (χ1n) is 13.6. The van der Waals surface area contributed by atoms with Gasteiger partial charge in [-0.25, -0.2) is 0 Å². The number of aliphatic hydroxyl groups is 2. The molecule has 0 aromatic carbocycles. The monoisotopic (exact) mass is 472 g/mol. The summed E-state index contributed by atoms with van der Waals surface area (Å²) in [6.45, 7) is 13.0. The predicted octanol–water partition coefficient (Wildman–Crippen LogP) is 4.77. The summed E-state index contributed by atoms with van der Waals surface area (Å²) in [7, 11) is 0. The van der Waals surface area contributed by atoms with Crippen molar-refractivity contribution in [2.24, 2.45) is 33.5 Å². The van der Waals surface area contributed by atoms with E-state index in [2.05, 4.69) is 27.7 Å². The summed E-state index contributed by atoms with van der Waals surface area (Å²) in [6.07, 6.45) is 6.08. The molecule has 3 fully saturated rings. The Morgan fingerprint density at radius 2 is 1.74 bits per heavy atom. The topological polar surface area (TPSA) is 83.8 Å². The second kappa shape index (κ2) is 7.49. The number of Topliss-reactive ketones (excluding diaryl/α,β-unsaturated/α-hetero) is 2. The van der Waals surface area contributed by atoms with Crippen LogP contribution in [0.3, 0.4) is 0 Å². The molecule has 4 aliphatic carbocycles. The molecule has 1 saturated heterocycles. The highest BCUT2D eigenvalue weighted by Crippen LogP contribution is 2.75. The lowest BCUT2D eigenvalue weighted by Gasteiger charge is -2.62. The maximum Gasteiger partial charge on any atom is 0.163 e. The third-order valence-electron chi connectivity index (χ3n) is 12.4. The molecule has 0 aromatic rings. The van der Waals surface area contributed by atoms with E-state index in [1.165, 1.54) is 0 Å². The van der Waals surface area contributed by atoms with E-state index in [0.29, 0.717) is 12.8 Å². The molecule has 1 aliphatic heterocycles. The van der Waals surface area contributed by atoms with Crippen molar-refractivity contribution < 1.29 is 24.5 Å². The molecular weight excluding hydrogens is 428 g/mol. The van der Waals surface area contributed by atoms with Crippen LogP contribution in [0.5, 0.6) is 0 Å². The highest BCUT2D eigenvalue weighted by molar-refractivity contribution is 5.86. The minimum atomic E-state index is -0.745. The van der Waals surface area contributed by atoms with E-state index in [4.69, 9.17) is 4.74 Å². The normalized spacial score (nSPS) is 52.5. The zero-order valence-corrected chi connectivity index (χ0v) is 22.0. The quantitative estimate of drug-likeness (QED) is 0.578. The predicted molar refractivity (Wildman–Crippen MR) is 130 cm³/mol. The van der Waals surface area contributed by atoms with Crippen molar-refractivity contribution in [2.45, 2.75) is 117 Å². The number of carbonyl (C=O) groups is 2. The molecule has 1 heterocycles. The Bertz CT molecular complexity index is 954. The lowest BCUT2D eigenvalue weighted by molar-refractivity contribution is -0.163. The van der Waals surface area contributed by atoms with Gasteiger partial charge in [0.05, 0.1) is 23.7 Å². The number of hydrogen-bond donors (Lipinski definition) is 2. The van der Waals surface area contributed by atoms with E-state index in [0.717, 1.165) is 44.9 Å². The van der Waals surface area contributed by atoms with Gasteiger partial charge in [0.25, 0.3) is 0 Å². The maximum atomic E-state index is 12.9. The van der Waals surface area contributed by atoms with E-state index in [-0.39, 0.29) is 46.3 Å². The van der Waals surface area contributed by atoms with Crippen LogP contribution in [0, 0.1) is 33.5 Å². The number of allylic oxidation sites excluding steroid dienone is 2. The summed E-state index contributed by atoms with van der Waals surface area (Å²) >= 11 is 0. The van der Waals surface area contributed by atoms with Crippen molar-refractivity contribution >= 4 is 11.6 Å². The molecule has 34 heavy (non-hydrogen) atoms. The first kappa shape index (κ1) is 24.6. The molecule has 0 amide bonds. The average molecular weight is 473 g/mol. The zero-order valence-electron chi connectivity index (χ0n) is 22.0.